The van der Waals surface area contributed by atoms with E-state index in [0.717, 1.165) is 13.1 Å². The Morgan fingerprint density at radius 2 is 2.00 bits per heavy atom. The van der Waals surface area contributed by atoms with Crippen molar-refractivity contribution in [1.82, 2.24) is 9.80 Å². The van der Waals surface area contributed by atoms with Gasteiger partial charge in [0.25, 0.3) is 0 Å². The van der Waals surface area contributed by atoms with Crippen molar-refractivity contribution in [1.29, 1.82) is 0 Å². The number of hydrogen-bond donors (Lipinski definition) is 1. The third-order valence-corrected chi connectivity index (χ3v) is 1.71. The molecule has 4 nitrogen and oxygen atoms in total. The maximum atomic E-state index is 10.6. The molecule has 2 bridgehead atoms. The Hall–Kier alpha value is -0.770. The van der Waals surface area contributed by atoms with Gasteiger partial charge in [-0.1, -0.05) is 0 Å². The van der Waals surface area contributed by atoms with Gasteiger partial charge in [-0.25, -0.2) is 4.79 Å². The zero-order valence-electron chi connectivity index (χ0n) is 4.37. The maximum absolute atomic E-state index is 10.6. The first-order valence-corrected chi connectivity index (χ1v) is 2.63. The highest BCUT2D eigenvalue weighted by Gasteiger charge is 2.47. The average molecular weight is 113 g/mol. The molecule has 0 aromatic carbocycles. The SMILES string of the molecule is NC1N2CCN1C2=O. The Morgan fingerprint density at radius 1 is 1.50 bits per heavy atom. The molecule has 0 atom stereocenters. The van der Waals surface area contributed by atoms with Crippen LogP contribution in [0.5, 0.6) is 0 Å². The van der Waals surface area contributed by atoms with Gasteiger partial charge in [-0.05, 0) is 0 Å². The molecule has 0 aliphatic carbocycles. The molecule has 2 amide bonds. The van der Waals surface area contributed by atoms with Crippen LogP contribution >= 0.6 is 0 Å². The molecule has 0 aromatic rings. The van der Waals surface area contributed by atoms with E-state index < -0.39 is 0 Å². The zero-order valence-corrected chi connectivity index (χ0v) is 4.37. The molecule has 0 spiro atoms. The van der Waals surface area contributed by atoms with Gasteiger partial charge in [0.2, 0.25) is 0 Å². The molecule has 2 N–H and O–H groups in total. The summed E-state index contributed by atoms with van der Waals surface area (Å²) in [5, 5.41) is 0. The van der Waals surface area contributed by atoms with Crippen molar-refractivity contribution in [2.45, 2.75) is 6.29 Å². The Balaban J connectivity index is 2.26. The van der Waals surface area contributed by atoms with Crippen LogP contribution in [0.25, 0.3) is 0 Å². The minimum Gasteiger partial charge on any atom is -0.294 e. The number of rotatable bonds is 0. The summed E-state index contributed by atoms with van der Waals surface area (Å²) in [6, 6.07) is 0.0949. The molecule has 44 valence electrons. The molecule has 3 heterocycles. The van der Waals surface area contributed by atoms with Crippen molar-refractivity contribution >= 4 is 6.03 Å². The van der Waals surface area contributed by atoms with E-state index in [4.69, 9.17) is 5.73 Å². The smallest absolute Gasteiger partial charge is 0.294 e. The normalized spacial score (nSPS) is 26.9. The van der Waals surface area contributed by atoms with Gasteiger partial charge in [-0.3, -0.25) is 15.5 Å². The highest BCUT2D eigenvalue weighted by atomic mass is 16.2. The number of urea groups is 1. The second kappa shape index (κ2) is 0.974. The molecule has 3 rings (SSSR count). The number of carbonyl (C=O) groups excluding carboxylic acids is 1. The molecule has 0 unspecified atom stereocenters. The second-order valence-electron chi connectivity index (χ2n) is 2.08. The summed E-state index contributed by atoms with van der Waals surface area (Å²) in [4.78, 5) is 13.9. The van der Waals surface area contributed by atoms with E-state index in [-0.39, 0.29) is 12.3 Å². The molecular formula is C4H7N3O. The van der Waals surface area contributed by atoms with Crippen LogP contribution in [0, 0.1) is 0 Å². The lowest BCUT2D eigenvalue weighted by Gasteiger charge is -2.37. The number of carbonyl (C=O) groups is 1. The van der Waals surface area contributed by atoms with Crippen molar-refractivity contribution in [3.05, 3.63) is 0 Å². The van der Waals surface area contributed by atoms with Gasteiger partial charge in [0, 0.05) is 13.1 Å². The second-order valence-corrected chi connectivity index (χ2v) is 2.08. The van der Waals surface area contributed by atoms with E-state index in [0.29, 0.717) is 0 Å². The Morgan fingerprint density at radius 3 is 2.12 bits per heavy atom. The molecule has 0 saturated carbocycles. The topological polar surface area (TPSA) is 49.6 Å². The number of nitrogens with zero attached hydrogens (tertiary/aromatic N) is 2. The fourth-order valence-corrected chi connectivity index (χ4v) is 1.17. The van der Waals surface area contributed by atoms with Crippen LogP contribution in [0.15, 0.2) is 0 Å². The van der Waals surface area contributed by atoms with Crippen molar-refractivity contribution in [3.63, 3.8) is 0 Å². The first-order valence-electron chi connectivity index (χ1n) is 2.63. The van der Waals surface area contributed by atoms with Gasteiger partial charge < -0.3 is 0 Å². The van der Waals surface area contributed by atoms with E-state index in [1.165, 1.54) is 0 Å². The van der Waals surface area contributed by atoms with Gasteiger partial charge in [0.1, 0.15) is 0 Å². The summed E-state index contributed by atoms with van der Waals surface area (Å²) in [5.74, 6) is 0. The average Bonchev–Trinajstić information content (AvgIpc) is 2.26. The van der Waals surface area contributed by atoms with Gasteiger partial charge >= 0.3 is 6.03 Å². The quantitative estimate of drug-likeness (QED) is 0.437. The van der Waals surface area contributed by atoms with Gasteiger partial charge in [0.05, 0.1) is 0 Å². The van der Waals surface area contributed by atoms with E-state index in [1.807, 2.05) is 0 Å². The fourth-order valence-electron chi connectivity index (χ4n) is 1.17. The van der Waals surface area contributed by atoms with Crippen molar-refractivity contribution in [2.24, 2.45) is 5.73 Å². The molecule has 3 saturated heterocycles. The molecule has 8 heavy (non-hydrogen) atoms. The van der Waals surface area contributed by atoms with E-state index in [2.05, 4.69) is 0 Å². The van der Waals surface area contributed by atoms with Crippen LogP contribution in [0.1, 0.15) is 0 Å². The van der Waals surface area contributed by atoms with Crippen LogP contribution < -0.4 is 5.73 Å². The predicted molar refractivity (Wildman–Crippen MR) is 26.8 cm³/mol. The van der Waals surface area contributed by atoms with Crippen LogP contribution in [0.3, 0.4) is 0 Å². The standard InChI is InChI=1S/C4H7N3O/c5-3-6-1-2-7(3)4(6)8/h3H,1-2,5H2. The summed E-state index contributed by atoms with van der Waals surface area (Å²) < 4.78 is 0. The molecule has 3 aliphatic rings. The van der Waals surface area contributed by atoms with Crippen molar-refractivity contribution in [2.75, 3.05) is 13.1 Å². The first-order chi connectivity index (χ1) is 3.80. The lowest BCUT2D eigenvalue weighted by atomic mass is 10.5. The summed E-state index contributed by atoms with van der Waals surface area (Å²) in [6.07, 6.45) is -0.0949. The van der Waals surface area contributed by atoms with Crippen LogP contribution in [-0.2, 0) is 0 Å². The van der Waals surface area contributed by atoms with Crippen LogP contribution in [-0.4, -0.2) is 35.2 Å². The van der Waals surface area contributed by atoms with E-state index in [9.17, 15) is 4.79 Å². The molecule has 0 aromatic heterocycles. The highest BCUT2D eigenvalue weighted by Crippen LogP contribution is 2.23. The Labute approximate surface area is 46.8 Å². The van der Waals surface area contributed by atoms with Gasteiger partial charge in [-0.15, -0.1) is 0 Å². The number of amides is 2. The predicted octanol–water partition coefficient (Wildman–Crippen LogP) is -1.02. The minimum atomic E-state index is -0.0949. The van der Waals surface area contributed by atoms with E-state index in [1.54, 1.807) is 9.80 Å². The highest BCUT2D eigenvalue weighted by molar-refractivity contribution is 5.82. The van der Waals surface area contributed by atoms with Crippen LogP contribution in [0.2, 0.25) is 0 Å². The third kappa shape index (κ3) is 0.229. The summed E-state index contributed by atoms with van der Waals surface area (Å²) in [5.41, 5.74) is 5.45. The maximum Gasteiger partial charge on any atom is 0.325 e. The minimum absolute atomic E-state index is 0.0949. The van der Waals surface area contributed by atoms with Crippen molar-refractivity contribution < 1.29 is 4.79 Å². The third-order valence-electron chi connectivity index (χ3n) is 1.71. The molecule has 4 heteroatoms. The molecular weight excluding hydrogens is 106 g/mol. The van der Waals surface area contributed by atoms with Gasteiger partial charge in [-0.2, -0.15) is 0 Å². The largest absolute Gasteiger partial charge is 0.325 e. The molecule has 3 fully saturated rings. The van der Waals surface area contributed by atoms with Crippen LogP contribution in [0.4, 0.5) is 4.79 Å². The van der Waals surface area contributed by atoms with Crippen molar-refractivity contribution in [3.8, 4) is 0 Å². The number of nitrogens with two attached hydrogens (primary N) is 1. The number of fused-ring (bicyclic) bond motifs is 1. The fraction of sp³-hybridized carbons (Fsp3) is 0.750. The number of hydrogen-bond acceptors (Lipinski definition) is 2. The summed E-state index contributed by atoms with van der Waals surface area (Å²) in [7, 11) is 0. The summed E-state index contributed by atoms with van der Waals surface area (Å²) >= 11 is 0. The molecule has 0 radical (unpaired) electrons. The van der Waals surface area contributed by atoms with Gasteiger partial charge in [0.15, 0.2) is 6.29 Å². The zero-order chi connectivity index (χ0) is 5.72. The summed E-state index contributed by atoms with van der Waals surface area (Å²) in [6.45, 7) is 1.64. The van der Waals surface area contributed by atoms with E-state index >= 15 is 0 Å². The monoisotopic (exact) mass is 113 g/mol. The molecule has 3 aliphatic heterocycles. The lowest BCUT2D eigenvalue weighted by Crippen LogP contribution is -2.63. The Bertz CT molecular complexity index is 132. The Kier molecular flexibility index (Phi) is 0.504. The lowest BCUT2D eigenvalue weighted by molar-refractivity contribution is 0.0701. The first kappa shape index (κ1) is 4.14.